The Morgan fingerprint density at radius 2 is 1.90 bits per heavy atom. The van der Waals surface area contributed by atoms with Crippen molar-refractivity contribution in [1.82, 2.24) is 10.5 Å². The van der Waals surface area contributed by atoms with Crippen LogP contribution in [0.25, 0.3) is 0 Å². The number of anilines is 1. The van der Waals surface area contributed by atoms with E-state index in [4.69, 9.17) is 9.26 Å². The summed E-state index contributed by atoms with van der Waals surface area (Å²) in [5.41, 5.74) is 0.952. The Bertz CT molecular complexity index is 976. The highest BCUT2D eigenvalue weighted by Gasteiger charge is 2.19. The maximum Gasteiger partial charge on any atom is 0.273 e. The maximum absolute atomic E-state index is 12.3. The molecule has 7 nitrogen and oxygen atoms in total. The van der Waals surface area contributed by atoms with Gasteiger partial charge in [0, 0.05) is 17.8 Å². The molecule has 0 bridgehead atoms. The van der Waals surface area contributed by atoms with E-state index in [0.29, 0.717) is 22.1 Å². The van der Waals surface area contributed by atoms with Gasteiger partial charge in [-0.3, -0.25) is 9.59 Å². The van der Waals surface area contributed by atoms with Gasteiger partial charge in [0.25, 0.3) is 11.8 Å². The summed E-state index contributed by atoms with van der Waals surface area (Å²) in [6, 6.07) is 12.5. The van der Waals surface area contributed by atoms with Crippen LogP contribution >= 0.6 is 11.3 Å². The quantitative estimate of drug-likeness (QED) is 0.576. The summed E-state index contributed by atoms with van der Waals surface area (Å²) < 4.78 is 10.9. The molecule has 4 rings (SSSR count). The standard InChI is InChI=1S/C22H23N3O4S/c26-21(23-15-5-2-1-3-6-15)19-13-18(29-25-19)14-28-17-10-8-16(9-11-17)24-22(27)20-7-4-12-30-20/h4,7-13,15H,1-3,5-6,14H2,(H,23,26)(H,24,27). The van der Waals surface area contributed by atoms with Crippen LogP contribution in [0.4, 0.5) is 5.69 Å². The SMILES string of the molecule is O=C(NC1CCCCC1)c1cc(COc2ccc(NC(=O)c3cccs3)cc2)on1. The van der Waals surface area contributed by atoms with Gasteiger partial charge in [-0.15, -0.1) is 11.3 Å². The van der Waals surface area contributed by atoms with E-state index in [9.17, 15) is 9.59 Å². The van der Waals surface area contributed by atoms with Crippen molar-refractivity contribution in [3.8, 4) is 5.75 Å². The molecule has 2 N–H and O–H groups in total. The Hall–Kier alpha value is -3.13. The number of hydrogen-bond acceptors (Lipinski definition) is 6. The van der Waals surface area contributed by atoms with Gasteiger partial charge in [0.15, 0.2) is 11.5 Å². The second kappa shape index (κ2) is 9.58. The fourth-order valence-electron chi connectivity index (χ4n) is 3.38. The van der Waals surface area contributed by atoms with Crippen LogP contribution in [-0.4, -0.2) is 23.0 Å². The minimum Gasteiger partial charge on any atom is -0.486 e. The third kappa shape index (κ3) is 5.27. The summed E-state index contributed by atoms with van der Waals surface area (Å²) in [7, 11) is 0. The predicted molar refractivity (Wildman–Crippen MR) is 114 cm³/mol. The van der Waals surface area contributed by atoms with Gasteiger partial charge < -0.3 is 19.9 Å². The average Bonchev–Trinajstić information content (AvgIpc) is 3.46. The van der Waals surface area contributed by atoms with Crippen LogP contribution in [0.5, 0.6) is 5.75 Å². The summed E-state index contributed by atoms with van der Waals surface area (Å²) in [6.45, 7) is 0.157. The normalized spacial score (nSPS) is 14.3. The second-order valence-electron chi connectivity index (χ2n) is 7.23. The molecule has 0 spiro atoms. The molecule has 3 aromatic rings. The summed E-state index contributed by atoms with van der Waals surface area (Å²) in [6.07, 6.45) is 5.57. The average molecular weight is 426 g/mol. The molecule has 156 valence electrons. The number of hydrogen-bond donors (Lipinski definition) is 2. The lowest BCUT2D eigenvalue weighted by Crippen LogP contribution is -2.36. The number of rotatable bonds is 7. The molecule has 1 aliphatic rings. The zero-order chi connectivity index (χ0) is 20.8. The highest BCUT2D eigenvalue weighted by Crippen LogP contribution is 2.20. The first kappa shape index (κ1) is 20.2. The first-order valence-electron chi connectivity index (χ1n) is 10.0. The third-order valence-corrected chi connectivity index (χ3v) is 5.84. The Morgan fingerprint density at radius 1 is 1.10 bits per heavy atom. The lowest BCUT2D eigenvalue weighted by atomic mass is 9.95. The van der Waals surface area contributed by atoms with Gasteiger partial charge in [-0.05, 0) is 48.6 Å². The molecule has 1 aliphatic carbocycles. The van der Waals surface area contributed by atoms with Crippen molar-refractivity contribution in [1.29, 1.82) is 0 Å². The number of amides is 2. The molecule has 0 aliphatic heterocycles. The smallest absolute Gasteiger partial charge is 0.273 e. The van der Waals surface area contributed by atoms with Gasteiger partial charge >= 0.3 is 0 Å². The molecule has 1 saturated carbocycles. The van der Waals surface area contributed by atoms with Crippen LogP contribution in [0, 0.1) is 0 Å². The molecule has 0 saturated heterocycles. The van der Waals surface area contributed by atoms with Crippen molar-refractivity contribution in [2.45, 2.75) is 44.8 Å². The molecule has 0 atom stereocenters. The zero-order valence-corrected chi connectivity index (χ0v) is 17.2. The van der Waals surface area contributed by atoms with Gasteiger partial charge in [0.05, 0.1) is 4.88 Å². The molecular weight excluding hydrogens is 402 g/mol. The minimum atomic E-state index is -0.206. The summed E-state index contributed by atoms with van der Waals surface area (Å²) in [4.78, 5) is 25.0. The molecule has 30 heavy (non-hydrogen) atoms. The molecule has 0 radical (unpaired) electrons. The monoisotopic (exact) mass is 425 g/mol. The topological polar surface area (TPSA) is 93.5 Å². The molecule has 2 heterocycles. The van der Waals surface area contributed by atoms with Crippen LogP contribution in [-0.2, 0) is 6.61 Å². The van der Waals surface area contributed by atoms with E-state index < -0.39 is 0 Å². The van der Waals surface area contributed by atoms with E-state index in [0.717, 1.165) is 25.7 Å². The Labute approximate surface area is 178 Å². The largest absolute Gasteiger partial charge is 0.486 e. The van der Waals surface area contributed by atoms with Crippen LogP contribution in [0.1, 0.15) is 58.0 Å². The van der Waals surface area contributed by atoms with E-state index >= 15 is 0 Å². The van der Waals surface area contributed by atoms with E-state index in [1.807, 2.05) is 11.4 Å². The van der Waals surface area contributed by atoms with E-state index in [1.165, 1.54) is 17.8 Å². The van der Waals surface area contributed by atoms with Crippen molar-refractivity contribution < 1.29 is 18.8 Å². The van der Waals surface area contributed by atoms with Crippen molar-refractivity contribution in [3.63, 3.8) is 0 Å². The lowest BCUT2D eigenvalue weighted by molar-refractivity contribution is 0.0917. The third-order valence-electron chi connectivity index (χ3n) is 4.97. The zero-order valence-electron chi connectivity index (χ0n) is 16.4. The van der Waals surface area contributed by atoms with Crippen molar-refractivity contribution in [2.75, 3.05) is 5.32 Å². The number of thiophene rings is 1. The van der Waals surface area contributed by atoms with Crippen LogP contribution in [0.2, 0.25) is 0 Å². The number of aromatic nitrogens is 1. The molecule has 2 aromatic heterocycles. The number of ether oxygens (including phenoxy) is 1. The van der Waals surface area contributed by atoms with Gasteiger partial charge in [0.2, 0.25) is 0 Å². The number of carbonyl (C=O) groups is 2. The molecule has 1 fully saturated rings. The predicted octanol–water partition coefficient (Wildman–Crippen LogP) is 4.63. The van der Waals surface area contributed by atoms with Crippen molar-refractivity contribution >= 4 is 28.8 Å². The first-order chi connectivity index (χ1) is 14.7. The van der Waals surface area contributed by atoms with Crippen molar-refractivity contribution in [2.24, 2.45) is 0 Å². The van der Waals surface area contributed by atoms with Gasteiger partial charge in [-0.2, -0.15) is 0 Å². The number of nitrogens with one attached hydrogen (secondary N) is 2. The number of nitrogens with zero attached hydrogens (tertiary/aromatic N) is 1. The Morgan fingerprint density at radius 3 is 2.63 bits per heavy atom. The summed E-state index contributed by atoms with van der Waals surface area (Å²) in [5.74, 6) is 0.745. The van der Waals surface area contributed by atoms with Gasteiger partial charge in [-0.25, -0.2) is 0 Å². The summed E-state index contributed by atoms with van der Waals surface area (Å²) >= 11 is 1.39. The number of benzene rings is 1. The lowest BCUT2D eigenvalue weighted by Gasteiger charge is -2.22. The van der Waals surface area contributed by atoms with Crippen molar-refractivity contribution in [3.05, 3.63) is 64.2 Å². The molecular formula is C22H23N3O4S. The van der Waals surface area contributed by atoms with Crippen LogP contribution in [0.3, 0.4) is 0 Å². The maximum atomic E-state index is 12.3. The molecule has 2 amide bonds. The Balaban J connectivity index is 1.26. The molecule has 0 unspecified atom stereocenters. The summed E-state index contributed by atoms with van der Waals surface area (Å²) in [5, 5.41) is 11.6. The fraction of sp³-hybridized carbons (Fsp3) is 0.318. The Kier molecular flexibility index (Phi) is 6.44. The first-order valence-corrected chi connectivity index (χ1v) is 10.9. The highest BCUT2D eigenvalue weighted by molar-refractivity contribution is 7.12. The van der Waals surface area contributed by atoms with E-state index in [-0.39, 0.29) is 30.2 Å². The second-order valence-corrected chi connectivity index (χ2v) is 8.18. The van der Waals surface area contributed by atoms with E-state index in [1.54, 1.807) is 36.4 Å². The van der Waals surface area contributed by atoms with Crippen LogP contribution in [0.15, 0.2) is 52.4 Å². The minimum absolute atomic E-state index is 0.139. The van der Waals surface area contributed by atoms with Gasteiger partial charge in [-0.1, -0.05) is 30.5 Å². The van der Waals surface area contributed by atoms with E-state index in [2.05, 4.69) is 15.8 Å². The molecule has 8 heteroatoms. The highest BCUT2D eigenvalue weighted by atomic mass is 32.1. The number of carbonyl (C=O) groups excluding carboxylic acids is 2. The van der Waals surface area contributed by atoms with Crippen LogP contribution < -0.4 is 15.4 Å². The fourth-order valence-corrected chi connectivity index (χ4v) is 4.00. The van der Waals surface area contributed by atoms with Gasteiger partial charge in [0.1, 0.15) is 12.4 Å². The molecule has 1 aromatic carbocycles.